The summed E-state index contributed by atoms with van der Waals surface area (Å²) in [5, 5.41) is 15.8. The molecule has 25 heavy (non-hydrogen) atoms. The van der Waals surface area contributed by atoms with Crippen LogP contribution in [0.3, 0.4) is 0 Å². The second-order valence-electron chi connectivity index (χ2n) is 6.65. The summed E-state index contributed by atoms with van der Waals surface area (Å²) >= 11 is 0. The van der Waals surface area contributed by atoms with Crippen molar-refractivity contribution in [3.63, 3.8) is 0 Å². The molecular formula is C19H33FIN3O. The van der Waals surface area contributed by atoms with Gasteiger partial charge >= 0.3 is 0 Å². The minimum Gasteiger partial charge on any atom is -0.392 e. The quantitative estimate of drug-likeness (QED) is 0.291. The number of benzene rings is 1. The van der Waals surface area contributed by atoms with Crippen molar-refractivity contribution >= 4 is 29.9 Å². The Bertz CT molecular complexity index is 523. The number of hydrogen-bond acceptors (Lipinski definition) is 2. The third-order valence-electron chi connectivity index (χ3n) is 3.85. The lowest BCUT2D eigenvalue weighted by molar-refractivity contribution is 0.275. The van der Waals surface area contributed by atoms with Gasteiger partial charge in [0.2, 0.25) is 0 Å². The number of aliphatic hydroxyl groups excluding tert-OH is 1. The van der Waals surface area contributed by atoms with Crippen molar-refractivity contribution < 1.29 is 9.50 Å². The molecule has 0 fully saturated rings. The predicted octanol–water partition coefficient (Wildman–Crippen LogP) is 4.21. The first-order valence-electron chi connectivity index (χ1n) is 8.89. The first-order valence-corrected chi connectivity index (χ1v) is 8.89. The van der Waals surface area contributed by atoms with Crippen molar-refractivity contribution in [2.24, 2.45) is 10.9 Å². The first kappa shape index (κ1) is 24.1. The summed E-state index contributed by atoms with van der Waals surface area (Å²) in [6, 6.07) is 5.09. The van der Waals surface area contributed by atoms with Crippen LogP contribution in [0.2, 0.25) is 0 Å². The van der Waals surface area contributed by atoms with Gasteiger partial charge in [-0.05, 0) is 43.9 Å². The molecule has 0 saturated carbocycles. The molecule has 0 radical (unpaired) electrons. The van der Waals surface area contributed by atoms with Gasteiger partial charge in [-0.1, -0.05) is 32.8 Å². The molecule has 1 unspecified atom stereocenters. The fourth-order valence-corrected chi connectivity index (χ4v) is 2.48. The molecule has 0 bridgehead atoms. The predicted molar refractivity (Wildman–Crippen MR) is 114 cm³/mol. The Hall–Kier alpha value is -0.890. The van der Waals surface area contributed by atoms with E-state index < -0.39 is 0 Å². The lowest BCUT2D eigenvalue weighted by Gasteiger charge is -2.18. The average Bonchev–Trinajstić information content (AvgIpc) is 2.53. The Labute approximate surface area is 168 Å². The summed E-state index contributed by atoms with van der Waals surface area (Å²) in [5.41, 5.74) is 1.19. The van der Waals surface area contributed by atoms with Crippen LogP contribution in [-0.2, 0) is 13.2 Å². The molecule has 0 aliphatic rings. The Balaban J connectivity index is 0.00000576. The maximum Gasteiger partial charge on any atom is 0.191 e. The maximum atomic E-state index is 13.4. The van der Waals surface area contributed by atoms with Crippen molar-refractivity contribution in [2.45, 2.75) is 66.2 Å². The van der Waals surface area contributed by atoms with Gasteiger partial charge in [0.1, 0.15) is 5.82 Å². The van der Waals surface area contributed by atoms with E-state index in [0.717, 1.165) is 30.4 Å². The molecule has 1 atom stereocenters. The highest BCUT2D eigenvalue weighted by molar-refractivity contribution is 14.0. The highest BCUT2D eigenvalue weighted by Gasteiger charge is 2.07. The van der Waals surface area contributed by atoms with Crippen molar-refractivity contribution in [1.29, 1.82) is 0 Å². The topological polar surface area (TPSA) is 56.7 Å². The van der Waals surface area contributed by atoms with Crippen LogP contribution in [0.25, 0.3) is 0 Å². The Kier molecular flexibility index (Phi) is 12.9. The van der Waals surface area contributed by atoms with Gasteiger partial charge in [-0.3, -0.25) is 0 Å². The molecular weight excluding hydrogens is 432 g/mol. The summed E-state index contributed by atoms with van der Waals surface area (Å²) in [7, 11) is 0. The fourth-order valence-electron chi connectivity index (χ4n) is 2.48. The lowest BCUT2D eigenvalue weighted by Crippen LogP contribution is -2.42. The minimum absolute atomic E-state index is 0. The van der Waals surface area contributed by atoms with Gasteiger partial charge in [-0.25, -0.2) is 9.38 Å². The SMILES string of the molecule is CCNC(=NCc1ccc(F)c(CO)c1)NC(C)CCCC(C)C.I. The van der Waals surface area contributed by atoms with E-state index in [1.54, 1.807) is 12.1 Å². The molecule has 1 aromatic carbocycles. The van der Waals surface area contributed by atoms with E-state index in [1.807, 2.05) is 6.92 Å². The minimum atomic E-state index is -0.381. The number of rotatable bonds is 9. The maximum absolute atomic E-state index is 13.4. The molecule has 4 nitrogen and oxygen atoms in total. The highest BCUT2D eigenvalue weighted by atomic mass is 127. The second kappa shape index (κ2) is 13.3. The lowest BCUT2D eigenvalue weighted by atomic mass is 10.0. The van der Waals surface area contributed by atoms with Gasteiger partial charge in [-0.2, -0.15) is 0 Å². The molecule has 0 heterocycles. The smallest absolute Gasteiger partial charge is 0.191 e. The molecule has 0 aliphatic carbocycles. The molecule has 1 rings (SSSR count). The highest BCUT2D eigenvalue weighted by Crippen LogP contribution is 2.12. The second-order valence-corrected chi connectivity index (χ2v) is 6.65. The van der Waals surface area contributed by atoms with Crippen LogP contribution in [0.1, 0.15) is 58.1 Å². The van der Waals surface area contributed by atoms with Gasteiger partial charge in [0.05, 0.1) is 13.2 Å². The molecule has 1 aromatic rings. The largest absolute Gasteiger partial charge is 0.392 e. The third-order valence-corrected chi connectivity index (χ3v) is 3.85. The van der Waals surface area contributed by atoms with Crippen LogP contribution >= 0.6 is 24.0 Å². The molecule has 144 valence electrons. The Morgan fingerprint density at radius 1 is 1.24 bits per heavy atom. The zero-order valence-corrected chi connectivity index (χ0v) is 18.1. The zero-order chi connectivity index (χ0) is 17.9. The third kappa shape index (κ3) is 9.99. The summed E-state index contributed by atoms with van der Waals surface area (Å²) < 4.78 is 13.4. The van der Waals surface area contributed by atoms with Crippen LogP contribution in [0.15, 0.2) is 23.2 Å². The summed E-state index contributed by atoms with van der Waals surface area (Å²) in [4.78, 5) is 4.56. The van der Waals surface area contributed by atoms with Crippen molar-refractivity contribution in [1.82, 2.24) is 10.6 Å². The average molecular weight is 465 g/mol. The van der Waals surface area contributed by atoms with Crippen molar-refractivity contribution in [3.05, 3.63) is 35.1 Å². The fraction of sp³-hybridized carbons (Fsp3) is 0.632. The van der Waals surface area contributed by atoms with Gasteiger partial charge in [-0.15, -0.1) is 24.0 Å². The molecule has 0 aromatic heterocycles. The summed E-state index contributed by atoms with van der Waals surface area (Å²) in [5.74, 6) is 1.12. The molecule has 0 saturated heterocycles. The van der Waals surface area contributed by atoms with E-state index in [-0.39, 0.29) is 36.4 Å². The monoisotopic (exact) mass is 465 g/mol. The zero-order valence-electron chi connectivity index (χ0n) is 15.8. The van der Waals surface area contributed by atoms with Crippen molar-refractivity contribution in [3.8, 4) is 0 Å². The molecule has 3 N–H and O–H groups in total. The van der Waals surface area contributed by atoms with Crippen LogP contribution in [-0.4, -0.2) is 23.7 Å². The molecule has 0 spiro atoms. The van der Waals surface area contributed by atoms with Crippen LogP contribution in [0.4, 0.5) is 4.39 Å². The van der Waals surface area contributed by atoms with E-state index in [0.29, 0.717) is 18.2 Å². The molecule has 0 aliphatic heterocycles. The van der Waals surface area contributed by atoms with E-state index >= 15 is 0 Å². The number of halogens is 2. The summed E-state index contributed by atoms with van der Waals surface area (Å²) in [6.45, 7) is 9.61. The van der Waals surface area contributed by atoms with E-state index in [2.05, 4.69) is 36.4 Å². The van der Waals surface area contributed by atoms with Crippen LogP contribution in [0.5, 0.6) is 0 Å². The molecule has 6 heteroatoms. The van der Waals surface area contributed by atoms with Gasteiger partial charge in [0.25, 0.3) is 0 Å². The normalized spacial score (nSPS) is 12.7. The van der Waals surface area contributed by atoms with E-state index in [9.17, 15) is 4.39 Å². The van der Waals surface area contributed by atoms with Crippen LogP contribution in [0, 0.1) is 11.7 Å². The number of aliphatic hydroxyl groups is 1. The Morgan fingerprint density at radius 2 is 1.96 bits per heavy atom. The standard InChI is InChI=1S/C19H32FN3O.HI/c1-5-21-19(23-15(4)8-6-7-14(2)3)22-12-16-9-10-18(20)17(11-16)13-24;/h9-11,14-15,24H,5-8,12-13H2,1-4H3,(H2,21,22,23);1H. The first-order chi connectivity index (χ1) is 11.5. The number of hydrogen-bond donors (Lipinski definition) is 3. The van der Waals surface area contributed by atoms with E-state index in [1.165, 1.54) is 18.9 Å². The van der Waals surface area contributed by atoms with Crippen LogP contribution < -0.4 is 10.6 Å². The number of nitrogens with one attached hydrogen (secondary N) is 2. The number of aliphatic imine (C=N–C) groups is 1. The summed E-state index contributed by atoms with van der Waals surface area (Å²) in [6.07, 6.45) is 3.54. The molecule has 0 amide bonds. The van der Waals surface area contributed by atoms with Crippen molar-refractivity contribution in [2.75, 3.05) is 6.54 Å². The van der Waals surface area contributed by atoms with Gasteiger partial charge < -0.3 is 15.7 Å². The Morgan fingerprint density at radius 3 is 2.56 bits per heavy atom. The van der Waals surface area contributed by atoms with Gasteiger partial charge in [0, 0.05) is 18.2 Å². The van der Waals surface area contributed by atoms with E-state index in [4.69, 9.17) is 5.11 Å². The van der Waals surface area contributed by atoms with Gasteiger partial charge in [0.15, 0.2) is 5.96 Å². The number of nitrogens with zero attached hydrogens (tertiary/aromatic N) is 1. The number of guanidine groups is 1.